The fraction of sp³-hybridized carbons (Fsp3) is 0.273. The summed E-state index contributed by atoms with van der Waals surface area (Å²) < 4.78 is 15.0. The van der Waals surface area contributed by atoms with Crippen molar-refractivity contribution in [3.8, 4) is 22.8 Å². The monoisotopic (exact) mass is 442 g/mol. The summed E-state index contributed by atoms with van der Waals surface area (Å²) in [5.74, 6) is 2.46. The Kier molecular flexibility index (Phi) is 6.19. The molecule has 0 saturated heterocycles. The summed E-state index contributed by atoms with van der Waals surface area (Å²) in [6.07, 6.45) is 4.20. The van der Waals surface area contributed by atoms with Crippen molar-refractivity contribution >= 4 is 5.78 Å². The summed E-state index contributed by atoms with van der Waals surface area (Å²) in [6.45, 7) is 1.31. The van der Waals surface area contributed by atoms with Gasteiger partial charge in [0, 0.05) is 11.1 Å². The highest BCUT2D eigenvalue weighted by Crippen LogP contribution is 2.28. The van der Waals surface area contributed by atoms with Gasteiger partial charge in [-0.1, -0.05) is 30.3 Å². The average molecular weight is 443 g/mol. The van der Waals surface area contributed by atoms with Crippen LogP contribution in [0.1, 0.15) is 22.6 Å². The first-order chi connectivity index (χ1) is 13.2. The quantitative estimate of drug-likeness (QED) is 0.407. The van der Waals surface area contributed by atoms with Gasteiger partial charge in [0.25, 0.3) is 5.82 Å². The minimum Gasteiger partial charge on any atom is -1.00 e. The number of fused-ring (bicyclic) bond motifs is 1. The Morgan fingerprint density at radius 1 is 1.07 bits per heavy atom. The van der Waals surface area contributed by atoms with Crippen LogP contribution in [-0.4, -0.2) is 24.6 Å². The Balaban J connectivity index is 0.00000225. The second-order valence-electron chi connectivity index (χ2n) is 6.67. The predicted octanol–water partition coefficient (Wildman–Crippen LogP) is 0.293. The number of carbonyl (C=O) groups is 1. The number of nitrogens with zero attached hydrogens (tertiary/aromatic N) is 2. The molecule has 0 radical (unpaired) electrons. The molecular formula is C22H23BrN2O3. The van der Waals surface area contributed by atoms with Crippen molar-refractivity contribution in [1.82, 2.24) is 4.57 Å². The highest BCUT2D eigenvalue weighted by atomic mass is 79.9. The van der Waals surface area contributed by atoms with E-state index in [1.54, 1.807) is 32.4 Å². The molecular weight excluding hydrogens is 420 g/mol. The smallest absolute Gasteiger partial charge is 0.257 e. The zero-order valence-electron chi connectivity index (χ0n) is 16.0. The topological polar surface area (TPSA) is 44.3 Å². The Morgan fingerprint density at radius 3 is 2.54 bits per heavy atom. The van der Waals surface area contributed by atoms with Gasteiger partial charge in [0.1, 0.15) is 6.20 Å². The second-order valence-corrected chi connectivity index (χ2v) is 6.67. The van der Waals surface area contributed by atoms with Gasteiger partial charge in [-0.15, -0.1) is 0 Å². The third kappa shape index (κ3) is 3.69. The van der Waals surface area contributed by atoms with E-state index in [0.717, 1.165) is 19.4 Å². The average Bonchev–Trinajstić information content (AvgIpc) is 3.32. The molecule has 0 bridgehead atoms. The first-order valence-electron chi connectivity index (χ1n) is 9.13. The number of halogens is 1. The number of ether oxygens (including phenoxy) is 2. The zero-order chi connectivity index (χ0) is 18.8. The normalized spacial score (nSPS) is 12.2. The van der Waals surface area contributed by atoms with Crippen LogP contribution >= 0.6 is 0 Å². The van der Waals surface area contributed by atoms with E-state index in [-0.39, 0.29) is 22.8 Å². The van der Waals surface area contributed by atoms with Gasteiger partial charge in [-0.3, -0.25) is 4.79 Å². The molecule has 146 valence electrons. The number of methoxy groups -OCH3 is 2. The number of imidazole rings is 1. The molecule has 0 aliphatic carbocycles. The molecule has 2 aromatic carbocycles. The van der Waals surface area contributed by atoms with Crippen molar-refractivity contribution in [1.29, 1.82) is 0 Å². The fourth-order valence-electron chi connectivity index (χ4n) is 3.74. The first-order valence-corrected chi connectivity index (χ1v) is 9.13. The number of hydrogen-bond donors (Lipinski definition) is 0. The molecule has 1 aliphatic heterocycles. The lowest BCUT2D eigenvalue weighted by Crippen LogP contribution is -3.00. The van der Waals surface area contributed by atoms with Crippen molar-refractivity contribution in [2.24, 2.45) is 0 Å². The van der Waals surface area contributed by atoms with Crippen LogP contribution in [0.5, 0.6) is 11.5 Å². The molecule has 6 heteroatoms. The van der Waals surface area contributed by atoms with Crippen LogP contribution in [-0.2, 0) is 19.5 Å². The van der Waals surface area contributed by atoms with Gasteiger partial charge in [-0.05, 0) is 24.6 Å². The number of Topliss-reactive ketones (excluding diaryl/α,β-unsaturated/α-hetero) is 1. The van der Waals surface area contributed by atoms with Crippen LogP contribution in [0.15, 0.2) is 54.7 Å². The van der Waals surface area contributed by atoms with Gasteiger partial charge in [0.15, 0.2) is 23.7 Å². The molecule has 0 saturated carbocycles. The zero-order valence-corrected chi connectivity index (χ0v) is 17.6. The van der Waals surface area contributed by atoms with Crippen molar-refractivity contribution in [3.05, 3.63) is 66.1 Å². The van der Waals surface area contributed by atoms with Crippen LogP contribution in [0, 0.1) is 0 Å². The molecule has 0 unspecified atom stereocenters. The van der Waals surface area contributed by atoms with Gasteiger partial charge in [-0.25, -0.2) is 9.13 Å². The lowest BCUT2D eigenvalue weighted by Gasteiger charge is -2.08. The van der Waals surface area contributed by atoms with E-state index in [1.165, 1.54) is 17.1 Å². The van der Waals surface area contributed by atoms with Gasteiger partial charge < -0.3 is 26.5 Å². The summed E-state index contributed by atoms with van der Waals surface area (Å²) in [4.78, 5) is 12.9. The van der Waals surface area contributed by atoms with E-state index in [1.807, 2.05) is 18.2 Å². The predicted molar refractivity (Wildman–Crippen MR) is 102 cm³/mol. The maximum Gasteiger partial charge on any atom is 0.257 e. The summed E-state index contributed by atoms with van der Waals surface area (Å²) in [5, 5.41) is 0. The Labute approximate surface area is 175 Å². The Morgan fingerprint density at radius 2 is 1.82 bits per heavy atom. The SMILES string of the molecule is COc1ccc(C(=O)C[n+]2cc(-c3ccccc3)n3c2CCC3)cc1OC.[Br-]. The lowest BCUT2D eigenvalue weighted by atomic mass is 10.1. The highest BCUT2D eigenvalue weighted by molar-refractivity contribution is 5.95. The number of ketones is 1. The largest absolute Gasteiger partial charge is 1.00 e. The number of aromatic nitrogens is 2. The van der Waals surface area contributed by atoms with E-state index in [0.29, 0.717) is 23.6 Å². The van der Waals surface area contributed by atoms with Crippen LogP contribution in [0.25, 0.3) is 11.3 Å². The minimum absolute atomic E-state index is 0. The molecule has 0 amide bonds. The van der Waals surface area contributed by atoms with Crippen LogP contribution < -0.4 is 31.0 Å². The molecule has 5 nitrogen and oxygen atoms in total. The molecule has 0 fully saturated rings. The standard InChI is InChI=1S/C22H23N2O3.BrH/c1-26-20-11-10-17(13-21(20)27-2)19(25)15-23-14-18(16-7-4-3-5-8-16)24-12-6-9-22(23)24;/h3-5,7-8,10-11,13-14H,6,9,12,15H2,1-2H3;1H/q+1;/p-1. The van der Waals surface area contributed by atoms with Crippen molar-refractivity contribution in [3.63, 3.8) is 0 Å². The maximum atomic E-state index is 12.9. The van der Waals surface area contributed by atoms with Crippen molar-refractivity contribution < 1.29 is 35.8 Å². The fourth-order valence-corrected chi connectivity index (χ4v) is 3.74. The maximum absolute atomic E-state index is 12.9. The Hall–Kier alpha value is -2.60. The van der Waals surface area contributed by atoms with Crippen molar-refractivity contribution in [2.45, 2.75) is 25.9 Å². The van der Waals surface area contributed by atoms with Gasteiger partial charge in [-0.2, -0.15) is 0 Å². The molecule has 1 aliphatic rings. The third-order valence-corrected chi connectivity index (χ3v) is 5.08. The van der Waals surface area contributed by atoms with Crippen LogP contribution in [0.4, 0.5) is 0 Å². The number of carbonyl (C=O) groups excluding carboxylic acids is 1. The summed E-state index contributed by atoms with van der Waals surface area (Å²) in [5.41, 5.74) is 2.97. The lowest BCUT2D eigenvalue weighted by molar-refractivity contribution is -0.689. The molecule has 4 rings (SSSR count). The van der Waals surface area contributed by atoms with E-state index < -0.39 is 0 Å². The molecule has 0 spiro atoms. The summed E-state index contributed by atoms with van der Waals surface area (Å²) in [6, 6.07) is 15.6. The third-order valence-electron chi connectivity index (χ3n) is 5.08. The molecule has 28 heavy (non-hydrogen) atoms. The molecule has 2 heterocycles. The van der Waals surface area contributed by atoms with E-state index in [2.05, 4.69) is 27.5 Å². The van der Waals surface area contributed by atoms with E-state index in [9.17, 15) is 4.79 Å². The van der Waals surface area contributed by atoms with E-state index in [4.69, 9.17) is 9.47 Å². The van der Waals surface area contributed by atoms with Gasteiger partial charge in [0.05, 0.1) is 27.2 Å². The van der Waals surface area contributed by atoms with Crippen molar-refractivity contribution in [2.75, 3.05) is 14.2 Å². The Bertz CT molecular complexity index is 983. The second kappa shape index (κ2) is 8.61. The highest BCUT2D eigenvalue weighted by Gasteiger charge is 2.29. The van der Waals surface area contributed by atoms with Crippen LogP contribution in [0.3, 0.4) is 0 Å². The molecule has 1 aromatic heterocycles. The number of rotatable bonds is 6. The minimum atomic E-state index is 0. The van der Waals surface area contributed by atoms with E-state index >= 15 is 0 Å². The molecule has 0 atom stereocenters. The van der Waals surface area contributed by atoms with Gasteiger partial charge in [0.2, 0.25) is 5.78 Å². The summed E-state index contributed by atoms with van der Waals surface area (Å²) >= 11 is 0. The number of benzene rings is 2. The number of hydrogen-bond acceptors (Lipinski definition) is 3. The molecule has 0 N–H and O–H groups in total. The first kappa shape index (κ1) is 20.1. The summed E-state index contributed by atoms with van der Waals surface area (Å²) in [7, 11) is 3.17. The molecule has 3 aromatic rings. The van der Waals surface area contributed by atoms with Crippen LogP contribution in [0.2, 0.25) is 0 Å². The van der Waals surface area contributed by atoms with Gasteiger partial charge >= 0.3 is 0 Å².